The van der Waals surface area contributed by atoms with Gasteiger partial charge in [0, 0.05) is 30.6 Å². The first-order chi connectivity index (χ1) is 18.6. The number of amides is 1. The van der Waals surface area contributed by atoms with Gasteiger partial charge in [-0.15, -0.1) is 0 Å². The molecule has 4 N–H and O–H groups in total. The summed E-state index contributed by atoms with van der Waals surface area (Å²) in [6.45, 7) is 4.35. The Bertz CT molecular complexity index is 1160. The van der Waals surface area contributed by atoms with Crippen molar-refractivity contribution in [3.8, 4) is 0 Å². The summed E-state index contributed by atoms with van der Waals surface area (Å²) >= 11 is 0. The van der Waals surface area contributed by atoms with Crippen molar-refractivity contribution in [2.24, 2.45) is 28.6 Å². The maximum Gasteiger partial charge on any atom is 0.328 e. The summed E-state index contributed by atoms with van der Waals surface area (Å²) < 4.78 is 5.07. The Hall–Kier alpha value is -2.92. The zero-order chi connectivity index (χ0) is 29.6. The van der Waals surface area contributed by atoms with Gasteiger partial charge in [-0.3, -0.25) is 24.0 Å². The minimum atomic E-state index is -1.85. The van der Waals surface area contributed by atoms with Crippen molar-refractivity contribution in [3.63, 3.8) is 0 Å². The summed E-state index contributed by atoms with van der Waals surface area (Å²) in [7, 11) is 0. The van der Waals surface area contributed by atoms with Gasteiger partial charge in [0.25, 0.3) is 0 Å². The van der Waals surface area contributed by atoms with Gasteiger partial charge in [0.15, 0.2) is 18.4 Å². The standard InChI is InChI=1S/C29H39NO10/c1-15(31)25(26(37)38)30-22(35)6-7-23(36)40-14-21(34)29(39)11-9-19-18-5-4-16-12-17(32)8-10-27(16,2)24(18)20(33)13-28(19,29)3/h12,15,18-19,24-25,31,39H,4-11,13-14H2,1-3H3,(H,30,35)(H,37,38)/t15-,18+,19+,24-,25-,27-,28-,29-/m0/s1. The van der Waals surface area contributed by atoms with Crippen LogP contribution >= 0.6 is 0 Å². The lowest BCUT2D eigenvalue weighted by Crippen LogP contribution is -2.61. The molecule has 4 aliphatic carbocycles. The number of aliphatic hydroxyl groups is 2. The Morgan fingerprint density at radius 1 is 1.10 bits per heavy atom. The van der Waals surface area contributed by atoms with E-state index >= 15 is 0 Å². The number of fused-ring (bicyclic) bond motifs is 5. The second kappa shape index (κ2) is 10.8. The highest BCUT2D eigenvalue weighted by Gasteiger charge is 2.68. The monoisotopic (exact) mass is 561 g/mol. The van der Waals surface area contributed by atoms with Gasteiger partial charge in [-0.1, -0.05) is 19.4 Å². The number of nitrogens with one attached hydrogen (secondary N) is 1. The fourth-order valence-electron chi connectivity index (χ4n) is 8.03. The van der Waals surface area contributed by atoms with Crippen molar-refractivity contribution >= 4 is 35.2 Å². The lowest BCUT2D eigenvalue weighted by molar-refractivity contribution is -0.173. The van der Waals surface area contributed by atoms with Crippen molar-refractivity contribution in [1.82, 2.24) is 5.32 Å². The van der Waals surface area contributed by atoms with E-state index in [4.69, 9.17) is 9.84 Å². The molecule has 0 saturated heterocycles. The molecule has 1 amide bonds. The molecule has 3 fully saturated rings. The second-order valence-corrected chi connectivity index (χ2v) is 12.5. The number of carbonyl (C=O) groups excluding carboxylic acids is 5. The van der Waals surface area contributed by atoms with Gasteiger partial charge in [0.05, 0.1) is 12.5 Å². The van der Waals surface area contributed by atoms with Crippen LogP contribution in [0.2, 0.25) is 0 Å². The molecule has 0 spiro atoms. The maximum absolute atomic E-state index is 13.7. The minimum Gasteiger partial charge on any atom is -0.480 e. The number of aliphatic hydroxyl groups excluding tert-OH is 1. The van der Waals surface area contributed by atoms with Crippen LogP contribution in [0.5, 0.6) is 0 Å². The number of rotatable bonds is 9. The molecule has 40 heavy (non-hydrogen) atoms. The fraction of sp³-hybridized carbons (Fsp3) is 0.724. The van der Waals surface area contributed by atoms with Crippen LogP contribution in [0.4, 0.5) is 0 Å². The summed E-state index contributed by atoms with van der Waals surface area (Å²) in [6, 6.07) is -1.52. The van der Waals surface area contributed by atoms with E-state index in [1.54, 1.807) is 13.0 Å². The highest BCUT2D eigenvalue weighted by Crippen LogP contribution is 2.66. The topological polar surface area (TPSA) is 184 Å². The van der Waals surface area contributed by atoms with Gasteiger partial charge in [-0.05, 0) is 62.4 Å². The maximum atomic E-state index is 13.7. The largest absolute Gasteiger partial charge is 0.480 e. The molecule has 0 radical (unpaired) electrons. The van der Waals surface area contributed by atoms with E-state index in [0.717, 1.165) is 5.57 Å². The lowest BCUT2D eigenvalue weighted by atomic mass is 9.46. The quantitative estimate of drug-likeness (QED) is 0.299. The van der Waals surface area contributed by atoms with Gasteiger partial charge in [-0.2, -0.15) is 0 Å². The average molecular weight is 562 g/mol. The van der Waals surface area contributed by atoms with Crippen LogP contribution < -0.4 is 5.32 Å². The number of carboxylic acid groups (broad SMARTS) is 1. The molecular formula is C29H39NO10. The number of ketones is 3. The molecule has 0 unspecified atom stereocenters. The van der Waals surface area contributed by atoms with Crippen molar-refractivity contribution in [1.29, 1.82) is 0 Å². The van der Waals surface area contributed by atoms with Gasteiger partial charge < -0.3 is 25.4 Å². The Morgan fingerprint density at radius 2 is 1.80 bits per heavy atom. The van der Waals surface area contributed by atoms with Crippen LogP contribution in [0, 0.1) is 28.6 Å². The lowest BCUT2D eigenvalue weighted by Gasteiger charge is -2.57. The molecule has 0 aromatic carbocycles. The van der Waals surface area contributed by atoms with E-state index in [1.807, 2.05) is 0 Å². The van der Waals surface area contributed by atoms with Crippen LogP contribution in [0.15, 0.2) is 11.6 Å². The van der Waals surface area contributed by atoms with Crippen molar-refractivity contribution in [2.45, 2.75) is 96.3 Å². The number of aliphatic carboxylic acids is 1. The third-order valence-electron chi connectivity index (χ3n) is 10.3. The predicted molar refractivity (Wildman–Crippen MR) is 138 cm³/mol. The predicted octanol–water partition coefficient (Wildman–Crippen LogP) is 1.27. The minimum absolute atomic E-state index is 0.000746. The first kappa shape index (κ1) is 30.0. The van der Waals surface area contributed by atoms with Crippen LogP contribution in [-0.4, -0.2) is 74.9 Å². The van der Waals surface area contributed by atoms with Gasteiger partial charge in [0.2, 0.25) is 11.7 Å². The summed E-state index contributed by atoms with van der Waals surface area (Å²) in [6.07, 6.45) is 2.73. The molecule has 4 rings (SSSR count). The van der Waals surface area contributed by atoms with Crippen LogP contribution in [0.3, 0.4) is 0 Å². The highest BCUT2D eigenvalue weighted by atomic mass is 16.5. The molecule has 8 atom stereocenters. The third kappa shape index (κ3) is 5.02. The number of hydrogen-bond donors (Lipinski definition) is 4. The third-order valence-corrected chi connectivity index (χ3v) is 10.3. The summed E-state index contributed by atoms with van der Waals surface area (Å²) in [5.74, 6) is -4.01. The van der Waals surface area contributed by atoms with Crippen LogP contribution in [0.25, 0.3) is 0 Å². The number of allylic oxidation sites excluding steroid dienone is 1. The average Bonchev–Trinajstić information content (AvgIpc) is 3.15. The first-order valence-corrected chi connectivity index (χ1v) is 14.0. The second-order valence-electron chi connectivity index (χ2n) is 12.5. The molecule has 0 aromatic heterocycles. The summed E-state index contributed by atoms with van der Waals surface area (Å²) in [5.41, 5.74) is -2.21. The summed E-state index contributed by atoms with van der Waals surface area (Å²) in [5, 5.41) is 32.3. The molecule has 0 bridgehead atoms. The molecule has 11 nitrogen and oxygen atoms in total. The smallest absolute Gasteiger partial charge is 0.328 e. The number of esters is 1. The molecule has 3 saturated carbocycles. The summed E-state index contributed by atoms with van der Waals surface area (Å²) in [4.78, 5) is 74.4. The Labute approximate surface area is 232 Å². The van der Waals surface area contributed by atoms with Crippen LogP contribution in [-0.2, 0) is 33.5 Å². The van der Waals surface area contributed by atoms with Gasteiger partial charge in [0.1, 0.15) is 11.4 Å². The van der Waals surface area contributed by atoms with Gasteiger partial charge in [-0.25, -0.2) is 4.79 Å². The molecular weight excluding hydrogens is 522 g/mol. The Kier molecular flexibility index (Phi) is 8.12. The van der Waals surface area contributed by atoms with E-state index in [9.17, 15) is 39.0 Å². The normalized spacial score (nSPS) is 36.3. The van der Waals surface area contributed by atoms with Crippen molar-refractivity contribution < 1.29 is 48.8 Å². The molecule has 0 aromatic rings. The molecule has 220 valence electrons. The molecule has 0 aliphatic heterocycles. The number of carboxylic acids is 1. The molecule has 11 heteroatoms. The SMILES string of the molecule is C[C@H](O)[C@H](NC(=O)CCC(=O)OCC(=O)[C@@]1(O)CC[C@@H]2[C@H]3CCC4=CC(=O)CC[C@]4(C)[C@@H]3C(=O)C[C@@]21C)C(=O)O. The van der Waals surface area contributed by atoms with Crippen molar-refractivity contribution in [2.75, 3.05) is 6.61 Å². The zero-order valence-corrected chi connectivity index (χ0v) is 23.2. The Balaban J connectivity index is 1.38. The van der Waals surface area contributed by atoms with E-state index in [-0.39, 0.29) is 47.6 Å². The zero-order valence-electron chi connectivity index (χ0n) is 23.2. The number of Topliss-reactive ketones (excluding diaryl/α,β-unsaturated/α-hetero) is 2. The van der Waals surface area contributed by atoms with Crippen molar-refractivity contribution in [3.05, 3.63) is 11.6 Å². The molecule has 4 aliphatic rings. The first-order valence-electron chi connectivity index (χ1n) is 14.0. The van der Waals surface area contributed by atoms with Crippen LogP contribution in [0.1, 0.15) is 78.6 Å². The number of ether oxygens (including phenoxy) is 1. The van der Waals surface area contributed by atoms with Gasteiger partial charge >= 0.3 is 11.9 Å². The Morgan fingerprint density at radius 3 is 2.45 bits per heavy atom. The highest BCUT2D eigenvalue weighted by molar-refractivity contribution is 5.95. The fourth-order valence-corrected chi connectivity index (χ4v) is 8.03. The number of carbonyl (C=O) groups is 6. The van der Waals surface area contributed by atoms with E-state index < -0.39 is 66.2 Å². The van der Waals surface area contributed by atoms with E-state index in [2.05, 4.69) is 12.2 Å². The van der Waals surface area contributed by atoms with E-state index in [0.29, 0.717) is 32.1 Å². The number of hydrogen-bond acceptors (Lipinski definition) is 9. The molecule has 0 heterocycles. The van der Waals surface area contributed by atoms with E-state index in [1.165, 1.54) is 6.92 Å².